The molecular weight excluding hydrogens is 414 g/mol. The standard InChI is InChI=1S/C28H33NO4/c1-17-8-6-9-19(14-17)24-23(26(31)27(32)29(24)16-21-10-7-13-33-21)25(30)22-15-20(28(3,4)5)12-11-18(22)2/h6,8-9,11-12,14-15,21,24,30H,7,10,13,16H2,1-5H3/b25-23+. The largest absolute Gasteiger partial charge is 0.507 e. The van der Waals surface area contributed by atoms with Crippen molar-refractivity contribution in [3.05, 3.63) is 75.9 Å². The van der Waals surface area contributed by atoms with Gasteiger partial charge >= 0.3 is 0 Å². The number of ether oxygens (including phenoxy) is 1. The number of carbonyl (C=O) groups is 2. The second-order valence-corrected chi connectivity index (χ2v) is 10.3. The summed E-state index contributed by atoms with van der Waals surface area (Å²) in [5.74, 6) is -1.33. The first kappa shape index (κ1) is 23.2. The third-order valence-electron chi connectivity index (χ3n) is 6.68. The Morgan fingerprint density at radius 2 is 1.88 bits per heavy atom. The average Bonchev–Trinajstić information content (AvgIpc) is 3.35. The molecule has 0 radical (unpaired) electrons. The van der Waals surface area contributed by atoms with Gasteiger partial charge < -0.3 is 14.7 Å². The first-order chi connectivity index (χ1) is 15.6. The van der Waals surface area contributed by atoms with E-state index in [1.165, 1.54) is 0 Å². The van der Waals surface area contributed by atoms with Crippen molar-refractivity contribution in [1.29, 1.82) is 0 Å². The van der Waals surface area contributed by atoms with Gasteiger partial charge in [-0.1, -0.05) is 62.7 Å². The lowest BCUT2D eigenvalue weighted by Crippen LogP contribution is -2.36. The second-order valence-electron chi connectivity index (χ2n) is 10.3. The van der Waals surface area contributed by atoms with Crippen LogP contribution in [-0.4, -0.2) is 41.0 Å². The van der Waals surface area contributed by atoms with Crippen LogP contribution in [0.3, 0.4) is 0 Å². The van der Waals surface area contributed by atoms with Crippen molar-refractivity contribution < 1.29 is 19.4 Å². The van der Waals surface area contributed by atoms with Crippen molar-refractivity contribution in [3.63, 3.8) is 0 Å². The summed E-state index contributed by atoms with van der Waals surface area (Å²) in [6.45, 7) is 11.2. The maximum Gasteiger partial charge on any atom is 0.295 e. The molecule has 2 saturated heterocycles. The summed E-state index contributed by atoms with van der Waals surface area (Å²) < 4.78 is 5.78. The van der Waals surface area contributed by atoms with E-state index in [1.54, 1.807) is 4.90 Å². The highest BCUT2D eigenvalue weighted by Crippen LogP contribution is 2.41. The first-order valence-electron chi connectivity index (χ1n) is 11.7. The molecule has 0 aliphatic carbocycles. The minimum absolute atomic E-state index is 0.0958. The molecule has 33 heavy (non-hydrogen) atoms. The zero-order chi connectivity index (χ0) is 23.9. The molecule has 2 heterocycles. The number of Topliss-reactive ketones (excluding diaryl/α,β-unsaturated/α-hetero) is 1. The van der Waals surface area contributed by atoms with E-state index < -0.39 is 17.7 Å². The average molecular weight is 448 g/mol. The molecule has 0 aromatic heterocycles. The summed E-state index contributed by atoms with van der Waals surface area (Å²) in [5, 5.41) is 11.5. The lowest BCUT2D eigenvalue weighted by atomic mass is 9.84. The van der Waals surface area contributed by atoms with Crippen molar-refractivity contribution in [3.8, 4) is 0 Å². The fourth-order valence-electron chi connectivity index (χ4n) is 4.75. The van der Waals surface area contributed by atoms with Crippen molar-refractivity contribution in [2.45, 2.75) is 65.0 Å². The molecule has 2 aromatic carbocycles. The maximum absolute atomic E-state index is 13.3. The topological polar surface area (TPSA) is 66.8 Å². The van der Waals surface area contributed by atoms with Crippen molar-refractivity contribution in [1.82, 2.24) is 4.90 Å². The van der Waals surface area contributed by atoms with Crippen LogP contribution in [-0.2, 0) is 19.7 Å². The van der Waals surface area contributed by atoms with Gasteiger partial charge in [-0.3, -0.25) is 9.59 Å². The molecule has 5 heteroatoms. The van der Waals surface area contributed by atoms with Crippen LogP contribution in [0.2, 0.25) is 0 Å². The number of aliphatic hydroxyl groups excluding tert-OH is 1. The Morgan fingerprint density at radius 3 is 2.52 bits per heavy atom. The Bertz CT molecular complexity index is 1120. The van der Waals surface area contributed by atoms with Gasteiger partial charge in [0.1, 0.15) is 5.76 Å². The fourth-order valence-corrected chi connectivity index (χ4v) is 4.75. The van der Waals surface area contributed by atoms with Gasteiger partial charge in [-0.05, 0) is 54.9 Å². The van der Waals surface area contributed by atoms with E-state index in [2.05, 4.69) is 20.8 Å². The summed E-state index contributed by atoms with van der Waals surface area (Å²) >= 11 is 0. The van der Waals surface area contributed by atoms with E-state index in [9.17, 15) is 14.7 Å². The van der Waals surface area contributed by atoms with Gasteiger partial charge in [0.2, 0.25) is 0 Å². The van der Waals surface area contributed by atoms with Crippen LogP contribution in [0.1, 0.15) is 67.5 Å². The molecule has 0 bridgehead atoms. The number of hydrogen-bond acceptors (Lipinski definition) is 4. The Balaban J connectivity index is 1.88. The second kappa shape index (κ2) is 8.79. The van der Waals surface area contributed by atoms with Gasteiger partial charge in [-0.25, -0.2) is 0 Å². The van der Waals surface area contributed by atoms with Gasteiger partial charge in [0.05, 0.1) is 17.7 Å². The molecule has 2 aliphatic rings. The summed E-state index contributed by atoms with van der Waals surface area (Å²) in [4.78, 5) is 28.1. The van der Waals surface area contributed by atoms with Crippen LogP contribution in [0.5, 0.6) is 0 Å². The van der Waals surface area contributed by atoms with E-state index in [1.807, 2.05) is 56.3 Å². The number of benzene rings is 2. The summed E-state index contributed by atoms with van der Waals surface area (Å²) in [5.41, 5.74) is 4.38. The molecule has 0 saturated carbocycles. The van der Waals surface area contributed by atoms with Crippen LogP contribution in [0.25, 0.3) is 5.76 Å². The van der Waals surface area contributed by atoms with Crippen LogP contribution in [0.15, 0.2) is 48.0 Å². The maximum atomic E-state index is 13.3. The number of ketones is 1. The van der Waals surface area contributed by atoms with E-state index in [4.69, 9.17) is 4.74 Å². The van der Waals surface area contributed by atoms with Gasteiger partial charge in [0.25, 0.3) is 11.7 Å². The first-order valence-corrected chi connectivity index (χ1v) is 11.7. The third kappa shape index (κ3) is 4.47. The van der Waals surface area contributed by atoms with Crippen LogP contribution < -0.4 is 0 Å². The molecule has 174 valence electrons. The number of aryl methyl sites for hydroxylation is 2. The van der Waals surface area contributed by atoms with E-state index in [-0.39, 0.29) is 22.9 Å². The monoisotopic (exact) mass is 447 g/mol. The SMILES string of the molecule is Cc1cccc(C2/C(=C(\O)c3cc(C(C)(C)C)ccc3C)C(=O)C(=O)N2CC2CCCO2)c1. The quantitative estimate of drug-likeness (QED) is 0.397. The number of nitrogens with zero attached hydrogens (tertiary/aromatic N) is 1. The van der Waals surface area contributed by atoms with Gasteiger partial charge in [0.15, 0.2) is 0 Å². The lowest BCUT2D eigenvalue weighted by molar-refractivity contribution is -0.140. The number of rotatable bonds is 4. The summed E-state index contributed by atoms with van der Waals surface area (Å²) in [6, 6.07) is 13.1. The predicted molar refractivity (Wildman–Crippen MR) is 129 cm³/mol. The van der Waals surface area contributed by atoms with Crippen LogP contribution >= 0.6 is 0 Å². The van der Waals surface area contributed by atoms with Crippen molar-refractivity contribution in [2.75, 3.05) is 13.2 Å². The van der Waals surface area contributed by atoms with E-state index >= 15 is 0 Å². The molecule has 1 N–H and O–H groups in total. The number of amides is 1. The molecule has 0 spiro atoms. The summed E-state index contributed by atoms with van der Waals surface area (Å²) in [7, 11) is 0. The minimum atomic E-state index is -0.646. The number of likely N-dealkylation sites (tertiary alicyclic amines) is 1. The highest BCUT2D eigenvalue weighted by atomic mass is 16.5. The molecule has 2 fully saturated rings. The normalized spacial score (nSPS) is 22.9. The highest BCUT2D eigenvalue weighted by molar-refractivity contribution is 6.46. The minimum Gasteiger partial charge on any atom is -0.507 e. The molecule has 1 amide bonds. The zero-order valence-corrected chi connectivity index (χ0v) is 20.1. The lowest BCUT2D eigenvalue weighted by Gasteiger charge is -2.28. The Kier molecular flexibility index (Phi) is 6.19. The molecule has 2 aromatic rings. The van der Waals surface area contributed by atoms with Gasteiger partial charge in [-0.15, -0.1) is 0 Å². The number of carbonyl (C=O) groups excluding carboxylic acids is 2. The molecule has 2 aliphatic heterocycles. The van der Waals surface area contributed by atoms with Crippen molar-refractivity contribution >= 4 is 17.4 Å². The van der Waals surface area contributed by atoms with E-state index in [0.29, 0.717) is 18.7 Å². The van der Waals surface area contributed by atoms with Crippen LogP contribution in [0.4, 0.5) is 0 Å². The van der Waals surface area contributed by atoms with Gasteiger partial charge in [-0.2, -0.15) is 0 Å². The molecule has 2 atom stereocenters. The van der Waals surface area contributed by atoms with Gasteiger partial charge in [0, 0.05) is 18.7 Å². The predicted octanol–water partition coefficient (Wildman–Crippen LogP) is 5.20. The third-order valence-corrected chi connectivity index (χ3v) is 6.68. The molecule has 4 rings (SSSR count). The number of aliphatic hydroxyl groups is 1. The van der Waals surface area contributed by atoms with E-state index in [0.717, 1.165) is 35.1 Å². The Morgan fingerprint density at radius 1 is 1.12 bits per heavy atom. The van der Waals surface area contributed by atoms with Crippen LogP contribution in [0, 0.1) is 13.8 Å². The highest BCUT2D eigenvalue weighted by Gasteiger charge is 2.47. The molecule has 2 unspecified atom stereocenters. The summed E-state index contributed by atoms with van der Waals surface area (Å²) in [6.07, 6.45) is 1.71. The Labute approximate surface area is 196 Å². The Hall–Kier alpha value is -2.92. The van der Waals surface area contributed by atoms with Crippen molar-refractivity contribution in [2.24, 2.45) is 0 Å². The number of hydrogen-bond donors (Lipinski definition) is 1. The fraction of sp³-hybridized carbons (Fsp3) is 0.429. The molecular formula is C28H33NO4. The smallest absolute Gasteiger partial charge is 0.295 e. The molecule has 5 nitrogen and oxygen atoms in total. The zero-order valence-electron chi connectivity index (χ0n) is 20.1.